The predicted octanol–water partition coefficient (Wildman–Crippen LogP) is 13.4. The summed E-state index contributed by atoms with van der Waals surface area (Å²) in [6.07, 6.45) is 0. The monoisotopic (exact) mass is 730 g/mol. The molecule has 6 heteroatoms. The fourth-order valence-electron chi connectivity index (χ4n) is 8.47. The first-order valence-electron chi connectivity index (χ1n) is 19.0. The molecule has 0 aliphatic heterocycles. The molecule has 8 aromatic carbocycles. The Kier molecular flexibility index (Phi) is 6.83. The minimum atomic E-state index is 0.554. The number of hydrogen-bond acceptors (Lipinski definition) is 5. The lowest BCUT2D eigenvalue weighted by Crippen LogP contribution is -2.00. The van der Waals surface area contributed by atoms with Crippen molar-refractivity contribution < 1.29 is 8.83 Å². The van der Waals surface area contributed by atoms with Crippen LogP contribution >= 0.6 is 0 Å². The first-order valence-corrected chi connectivity index (χ1v) is 19.0. The third-order valence-corrected chi connectivity index (χ3v) is 11.1. The number of rotatable bonds is 5. The van der Waals surface area contributed by atoms with E-state index in [1.807, 2.05) is 60.7 Å². The Morgan fingerprint density at radius 3 is 1.56 bits per heavy atom. The van der Waals surface area contributed by atoms with Gasteiger partial charge in [0.05, 0.1) is 22.1 Å². The first-order chi connectivity index (χ1) is 28.2. The van der Waals surface area contributed by atoms with E-state index in [1.165, 1.54) is 10.8 Å². The standard InChI is InChI=1S/C51H30N4O2/c1-3-13-31(14-4-1)33-25-27-37-38-28-26-34(30-46(38)57-45(37)29-33)50-52-49(32-15-5-2-6-16-32)53-51(54-50)39-19-11-23-43-47(39)48-42(22-12-24-44(48)56-43)55-40-20-9-7-17-35(40)36-18-8-10-21-41(36)55/h1-30H. The zero-order valence-electron chi connectivity index (χ0n) is 30.4. The van der Waals surface area contributed by atoms with Gasteiger partial charge in [0.25, 0.3) is 0 Å². The van der Waals surface area contributed by atoms with Crippen molar-refractivity contribution in [3.05, 3.63) is 182 Å². The molecule has 12 rings (SSSR count). The Labute approximate surface area is 325 Å². The van der Waals surface area contributed by atoms with Gasteiger partial charge in [-0.1, -0.05) is 127 Å². The van der Waals surface area contributed by atoms with Crippen LogP contribution in [0.2, 0.25) is 0 Å². The number of benzene rings is 8. The lowest BCUT2D eigenvalue weighted by atomic mass is 10.0. The molecule has 0 saturated heterocycles. The molecule has 0 fully saturated rings. The maximum absolute atomic E-state index is 6.62. The summed E-state index contributed by atoms with van der Waals surface area (Å²) in [5.74, 6) is 1.69. The van der Waals surface area contributed by atoms with Crippen molar-refractivity contribution >= 4 is 65.7 Å². The average Bonchev–Trinajstić information content (AvgIpc) is 3.96. The maximum Gasteiger partial charge on any atom is 0.164 e. The molecule has 0 bridgehead atoms. The minimum Gasteiger partial charge on any atom is -0.456 e. The summed E-state index contributed by atoms with van der Waals surface area (Å²) in [6, 6.07) is 62.6. The third kappa shape index (κ3) is 4.94. The van der Waals surface area contributed by atoms with Gasteiger partial charge in [0.2, 0.25) is 0 Å². The summed E-state index contributed by atoms with van der Waals surface area (Å²) in [5.41, 5.74) is 11.3. The van der Waals surface area contributed by atoms with Crippen molar-refractivity contribution in [3.63, 3.8) is 0 Å². The molecule has 0 unspecified atom stereocenters. The van der Waals surface area contributed by atoms with E-state index in [-0.39, 0.29) is 0 Å². The van der Waals surface area contributed by atoms with Crippen LogP contribution in [0, 0.1) is 0 Å². The zero-order valence-corrected chi connectivity index (χ0v) is 30.4. The first kappa shape index (κ1) is 31.5. The van der Waals surface area contributed by atoms with E-state index in [0.717, 1.165) is 88.4 Å². The Balaban J connectivity index is 1.08. The molecule has 0 aliphatic carbocycles. The van der Waals surface area contributed by atoms with Crippen LogP contribution in [0.4, 0.5) is 0 Å². The number of nitrogens with zero attached hydrogens (tertiary/aromatic N) is 4. The minimum absolute atomic E-state index is 0.554. The molecular formula is C51H30N4O2. The van der Waals surface area contributed by atoms with Crippen molar-refractivity contribution in [1.82, 2.24) is 19.5 Å². The Morgan fingerprint density at radius 1 is 0.333 bits per heavy atom. The van der Waals surface area contributed by atoms with Gasteiger partial charge in [-0.15, -0.1) is 0 Å². The average molecular weight is 731 g/mol. The quantitative estimate of drug-likeness (QED) is 0.176. The van der Waals surface area contributed by atoms with E-state index in [4.69, 9.17) is 23.8 Å². The highest BCUT2D eigenvalue weighted by Gasteiger charge is 2.22. The van der Waals surface area contributed by atoms with Gasteiger partial charge in [0.1, 0.15) is 22.3 Å². The van der Waals surface area contributed by atoms with E-state index in [2.05, 4.69) is 126 Å². The van der Waals surface area contributed by atoms with Crippen molar-refractivity contribution in [3.8, 4) is 51.0 Å². The van der Waals surface area contributed by atoms with Crippen LogP contribution in [0.1, 0.15) is 0 Å². The topological polar surface area (TPSA) is 69.9 Å². The molecule has 4 heterocycles. The molecule has 0 aliphatic rings. The fourth-order valence-corrected chi connectivity index (χ4v) is 8.47. The van der Waals surface area contributed by atoms with Crippen molar-refractivity contribution in [2.75, 3.05) is 0 Å². The summed E-state index contributed by atoms with van der Waals surface area (Å²) < 4.78 is 15.5. The Hall–Kier alpha value is -7.83. The van der Waals surface area contributed by atoms with Crippen molar-refractivity contribution in [2.45, 2.75) is 0 Å². The molecule has 4 aromatic heterocycles. The highest BCUT2D eigenvalue weighted by atomic mass is 16.3. The summed E-state index contributed by atoms with van der Waals surface area (Å²) in [4.78, 5) is 15.5. The highest BCUT2D eigenvalue weighted by molar-refractivity contribution is 6.18. The molecular weight excluding hydrogens is 701 g/mol. The largest absolute Gasteiger partial charge is 0.456 e. The summed E-state index contributed by atoms with van der Waals surface area (Å²) in [6.45, 7) is 0. The van der Waals surface area contributed by atoms with E-state index >= 15 is 0 Å². The van der Waals surface area contributed by atoms with Crippen LogP contribution in [0.3, 0.4) is 0 Å². The van der Waals surface area contributed by atoms with Crippen LogP contribution in [0.5, 0.6) is 0 Å². The molecule has 0 saturated carbocycles. The molecule has 0 radical (unpaired) electrons. The lowest BCUT2D eigenvalue weighted by Gasteiger charge is -2.11. The normalized spacial score (nSPS) is 11.9. The van der Waals surface area contributed by atoms with Gasteiger partial charge in [0.15, 0.2) is 17.5 Å². The number of furan rings is 2. The predicted molar refractivity (Wildman–Crippen MR) is 230 cm³/mol. The molecule has 266 valence electrons. The van der Waals surface area contributed by atoms with Crippen LogP contribution < -0.4 is 0 Å². The van der Waals surface area contributed by atoms with Crippen LogP contribution in [-0.4, -0.2) is 19.5 Å². The molecule has 0 N–H and O–H groups in total. The second-order valence-corrected chi connectivity index (χ2v) is 14.4. The van der Waals surface area contributed by atoms with Gasteiger partial charge in [0, 0.05) is 43.6 Å². The van der Waals surface area contributed by atoms with Crippen LogP contribution in [0.15, 0.2) is 191 Å². The van der Waals surface area contributed by atoms with E-state index < -0.39 is 0 Å². The zero-order chi connectivity index (χ0) is 37.5. The van der Waals surface area contributed by atoms with Gasteiger partial charge in [-0.05, 0) is 65.7 Å². The molecule has 12 aromatic rings. The molecule has 6 nitrogen and oxygen atoms in total. The van der Waals surface area contributed by atoms with Gasteiger partial charge in [-0.2, -0.15) is 0 Å². The number of hydrogen-bond donors (Lipinski definition) is 0. The van der Waals surface area contributed by atoms with Crippen molar-refractivity contribution in [1.29, 1.82) is 0 Å². The second kappa shape index (κ2) is 12.3. The Bertz CT molecular complexity index is 3470. The van der Waals surface area contributed by atoms with Gasteiger partial charge < -0.3 is 13.4 Å². The second-order valence-electron chi connectivity index (χ2n) is 14.4. The van der Waals surface area contributed by atoms with E-state index in [0.29, 0.717) is 17.5 Å². The maximum atomic E-state index is 6.62. The fraction of sp³-hybridized carbons (Fsp3) is 0. The van der Waals surface area contributed by atoms with Crippen LogP contribution in [0.25, 0.3) is 117 Å². The van der Waals surface area contributed by atoms with E-state index in [1.54, 1.807) is 0 Å². The molecule has 0 spiro atoms. The summed E-state index contributed by atoms with van der Waals surface area (Å²) >= 11 is 0. The summed E-state index contributed by atoms with van der Waals surface area (Å²) in [5, 5.41) is 6.45. The number of fused-ring (bicyclic) bond motifs is 9. The van der Waals surface area contributed by atoms with Gasteiger partial charge >= 0.3 is 0 Å². The van der Waals surface area contributed by atoms with Gasteiger partial charge in [-0.3, -0.25) is 0 Å². The van der Waals surface area contributed by atoms with E-state index in [9.17, 15) is 0 Å². The molecule has 0 amide bonds. The van der Waals surface area contributed by atoms with Crippen LogP contribution in [-0.2, 0) is 0 Å². The lowest BCUT2D eigenvalue weighted by molar-refractivity contribution is 0.668. The number of para-hydroxylation sites is 2. The van der Waals surface area contributed by atoms with Crippen molar-refractivity contribution in [2.24, 2.45) is 0 Å². The Morgan fingerprint density at radius 2 is 0.860 bits per heavy atom. The SMILES string of the molecule is c1ccc(-c2ccc3c(c2)oc2cc(-c4nc(-c5ccccc5)nc(-c5cccc6oc7cccc(-n8c9ccccc9c9ccccc98)c7c56)n4)ccc23)cc1. The molecule has 0 atom stereocenters. The molecule has 57 heavy (non-hydrogen) atoms. The highest BCUT2D eigenvalue weighted by Crippen LogP contribution is 2.42. The number of aromatic nitrogens is 4. The third-order valence-electron chi connectivity index (χ3n) is 11.1. The van der Waals surface area contributed by atoms with Gasteiger partial charge in [-0.25, -0.2) is 15.0 Å². The summed E-state index contributed by atoms with van der Waals surface area (Å²) in [7, 11) is 0. The smallest absolute Gasteiger partial charge is 0.164 e.